The van der Waals surface area contributed by atoms with Gasteiger partial charge in [-0.1, -0.05) is 73.4 Å². The number of carbonyl (C=O) groups excluding carboxylic acids is 2. The molecule has 0 aliphatic rings. The van der Waals surface area contributed by atoms with Crippen molar-refractivity contribution in [3.63, 3.8) is 0 Å². The smallest absolute Gasteiger partial charge is 0.242 e. The van der Waals surface area contributed by atoms with Crippen LogP contribution in [0.3, 0.4) is 0 Å². The van der Waals surface area contributed by atoms with Crippen LogP contribution in [-0.2, 0) is 21.9 Å². The zero-order valence-corrected chi connectivity index (χ0v) is 19.7. The Kier molecular flexibility index (Phi) is 10.6. The predicted molar refractivity (Wildman–Crippen MR) is 127 cm³/mol. The van der Waals surface area contributed by atoms with Crippen molar-refractivity contribution in [1.29, 1.82) is 0 Å². The molecule has 0 saturated carbocycles. The first-order valence-corrected chi connectivity index (χ1v) is 12.0. The summed E-state index contributed by atoms with van der Waals surface area (Å²) >= 11 is 14.2. The molecule has 2 aromatic carbocycles. The molecule has 0 fully saturated rings. The normalized spacial score (nSPS) is 11.7. The Bertz CT molecular complexity index is 813. The predicted octanol–water partition coefficient (Wildman–Crippen LogP) is 5.56. The fourth-order valence-corrected chi connectivity index (χ4v) is 4.44. The Hall–Kier alpha value is -1.69. The minimum absolute atomic E-state index is 0.106. The van der Waals surface area contributed by atoms with Crippen molar-refractivity contribution >= 4 is 46.8 Å². The molecule has 2 rings (SSSR count). The van der Waals surface area contributed by atoms with Crippen molar-refractivity contribution in [3.05, 3.63) is 69.7 Å². The first-order chi connectivity index (χ1) is 14.5. The Morgan fingerprint density at radius 3 is 2.30 bits per heavy atom. The third kappa shape index (κ3) is 7.22. The molecule has 2 amide bonds. The lowest BCUT2D eigenvalue weighted by atomic mass is 10.1. The minimum Gasteiger partial charge on any atom is -0.354 e. The summed E-state index contributed by atoms with van der Waals surface area (Å²) in [4.78, 5) is 27.5. The number of carbonyl (C=O) groups is 2. The summed E-state index contributed by atoms with van der Waals surface area (Å²) in [6.07, 6.45) is 1.34. The molecule has 0 radical (unpaired) electrons. The SMILES string of the molecule is CCCNC(=O)[C@@H](CC)N(Cc1c(Cl)cccc1Cl)C(=O)CSCc1ccccc1. The van der Waals surface area contributed by atoms with E-state index in [9.17, 15) is 9.59 Å². The lowest BCUT2D eigenvalue weighted by Gasteiger charge is -2.31. The van der Waals surface area contributed by atoms with E-state index in [1.165, 1.54) is 11.8 Å². The first-order valence-electron chi connectivity index (χ1n) is 10.1. The van der Waals surface area contributed by atoms with Crippen LogP contribution >= 0.6 is 35.0 Å². The fraction of sp³-hybridized carbons (Fsp3) is 0.391. The molecule has 0 heterocycles. The van der Waals surface area contributed by atoms with E-state index in [1.807, 2.05) is 44.2 Å². The van der Waals surface area contributed by atoms with Gasteiger partial charge in [-0.25, -0.2) is 0 Å². The van der Waals surface area contributed by atoms with Gasteiger partial charge < -0.3 is 10.2 Å². The fourth-order valence-electron chi connectivity index (χ4n) is 3.05. The van der Waals surface area contributed by atoms with Crippen LogP contribution < -0.4 is 5.32 Å². The van der Waals surface area contributed by atoms with Gasteiger partial charge in [0.25, 0.3) is 0 Å². The van der Waals surface area contributed by atoms with Gasteiger partial charge in [0.15, 0.2) is 0 Å². The number of amides is 2. The van der Waals surface area contributed by atoms with E-state index >= 15 is 0 Å². The summed E-state index contributed by atoms with van der Waals surface area (Å²) in [5.74, 6) is 0.745. The van der Waals surface area contributed by atoms with Gasteiger partial charge in [-0.3, -0.25) is 9.59 Å². The van der Waals surface area contributed by atoms with E-state index in [1.54, 1.807) is 23.1 Å². The van der Waals surface area contributed by atoms with Gasteiger partial charge in [-0.2, -0.15) is 0 Å². The molecule has 1 N–H and O–H groups in total. The number of hydrogen-bond donors (Lipinski definition) is 1. The number of rotatable bonds is 11. The van der Waals surface area contributed by atoms with Crippen LogP contribution in [0.15, 0.2) is 48.5 Å². The average molecular weight is 467 g/mol. The number of hydrogen-bond acceptors (Lipinski definition) is 3. The molecule has 4 nitrogen and oxygen atoms in total. The highest BCUT2D eigenvalue weighted by Gasteiger charge is 2.29. The summed E-state index contributed by atoms with van der Waals surface area (Å²) in [5.41, 5.74) is 1.81. The highest BCUT2D eigenvalue weighted by molar-refractivity contribution is 7.99. The molecule has 2 aromatic rings. The average Bonchev–Trinajstić information content (AvgIpc) is 2.74. The largest absolute Gasteiger partial charge is 0.354 e. The van der Waals surface area contributed by atoms with Crippen molar-refractivity contribution < 1.29 is 9.59 Å². The second-order valence-electron chi connectivity index (χ2n) is 6.92. The van der Waals surface area contributed by atoms with Gasteiger partial charge in [0.05, 0.1) is 5.75 Å². The lowest BCUT2D eigenvalue weighted by Crippen LogP contribution is -2.49. The van der Waals surface area contributed by atoms with Crippen molar-refractivity contribution in [2.24, 2.45) is 0 Å². The van der Waals surface area contributed by atoms with Gasteiger partial charge in [-0.05, 0) is 30.5 Å². The number of nitrogens with one attached hydrogen (secondary N) is 1. The number of benzene rings is 2. The van der Waals surface area contributed by atoms with E-state index < -0.39 is 6.04 Å². The summed E-state index contributed by atoms with van der Waals surface area (Å²) in [5, 5.41) is 3.88. The zero-order chi connectivity index (χ0) is 21.9. The molecule has 7 heteroatoms. The van der Waals surface area contributed by atoms with Crippen molar-refractivity contribution in [2.45, 2.75) is 45.0 Å². The van der Waals surface area contributed by atoms with Crippen LogP contribution in [0.2, 0.25) is 10.0 Å². The first kappa shape index (κ1) is 24.6. The van der Waals surface area contributed by atoms with Crippen LogP contribution in [0.25, 0.3) is 0 Å². The van der Waals surface area contributed by atoms with Crippen LogP contribution in [0.5, 0.6) is 0 Å². The highest BCUT2D eigenvalue weighted by atomic mass is 35.5. The molecule has 0 spiro atoms. The molecule has 0 aromatic heterocycles. The highest BCUT2D eigenvalue weighted by Crippen LogP contribution is 2.27. The summed E-state index contributed by atoms with van der Waals surface area (Å²) in [6.45, 7) is 4.67. The van der Waals surface area contributed by atoms with Crippen LogP contribution in [0.4, 0.5) is 0 Å². The molecule has 0 bridgehead atoms. The number of nitrogens with zero attached hydrogens (tertiary/aromatic N) is 1. The summed E-state index contributed by atoms with van der Waals surface area (Å²) in [6, 6.07) is 14.7. The monoisotopic (exact) mass is 466 g/mol. The number of halogens is 2. The molecule has 0 aliphatic heterocycles. The van der Waals surface area contributed by atoms with Gasteiger partial charge in [0.2, 0.25) is 11.8 Å². The topological polar surface area (TPSA) is 49.4 Å². The standard InChI is InChI=1S/C23H28Cl2N2O2S/c1-3-13-26-23(29)21(4-2)27(14-18-19(24)11-8-12-20(18)25)22(28)16-30-15-17-9-6-5-7-10-17/h5-12,21H,3-4,13-16H2,1-2H3,(H,26,29)/t21-/m1/s1. The Balaban J connectivity index is 2.18. The Labute approximate surface area is 193 Å². The zero-order valence-electron chi connectivity index (χ0n) is 17.4. The molecule has 0 saturated heterocycles. The second-order valence-corrected chi connectivity index (χ2v) is 8.72. The Morgan fingerprint density at radius 1 is 1.03 bits per heavy atom. The van der Waals surface area contributed by atoms with Crippen LogP contribution in [-0.4, -0.2) is 35.1 Å². The van der Waals surface area contributed by atoms with Crippen LogP contribution in [0.1, 0.15) is 37.8 Å². The van der Waals surface area contributed by atoms with Gasteiger partial charge in [0, 0.05) is 34.5 Å². The molecule has 1 atom stereocenters. The maximum atomic E-state index is 13.2. The third-order valence-electron chi connectivity index (χ3n) is 4.66. The third-order valence-corrected chi connectivity index (χ3v) is 6.36. The van der Waals surface area contributed by atoms with Crippen molar-refractivity contribution in [2.75, 3.05) is 12.3 Å². The van der Waals surface area contributed by atoms with Crippen molar-refractivity contribution in [1.82, 2.24) is 10.2 Å². The van der Waals surface area contributed by atoms with E-state index in [0.29, 0.717) is 28.6 Å². The Morgan fingerprint density at radius 2 is 1.70 bits per heavy atom. The summed E-state index contributed by atoms with van der Waals surface area (Å²) < 4.78 is 0. The van der Waals surface area contributed by atoms with Gasteiger partial charge in [-0.15, -0.1) is 11.8 Å². The van der Waals surface area contributed by atoms with E-state index in [-0.39, 0.29) is 24.1 Å². The maximum Gasteiger partial charge on any atom is 0.242 e. The minimum atomic E-state index is -0.575. The molecule has 0 unspecified atom stereocenters. The number of thioether (sulfide) groups is 1. The molecule has 30 heavy (non-hydrogen) atoms. The van der Waals surface area contributed by atoms with Crippen LogP contribution in [0, 0.1) is 0 Å². The molecule has 162 valence electrons. The molecular weight excluding hydrogens is 439 g/mol. The van der Waals surface area contributed by atoms with Gasteiger partial charge >= 0.3 is 0 Å². The molecular formula is C23H28Cl2N2O2S. The molecule has 0 aliphatic carbocycles. The quantitative estimate of drug-likeness (QED) is 0.471. The van der Waals surface area contributed by atoms with E-state index in [0.717, 1.165) is 17.7 Å². The van der Waals surface area contributed by atoms with Crippen molar-refractivity contribution in [3.8, 4) is 0 Å². The lowest BCUT2D eigenvalue weighted by molar-refractivity contribution is -0.139. The maximum absolute atomic E-state index is 13.2. The van der Waals surface area contributed by atoms with E-state index in [4.69, 9.17) is 23.2 Å². The van der Waals surface area contributed by atoms with Gasteiger partial charge in [0.1, 0.15) is 6.04 Å². The summed E-state index contributed by atoms with van der Waals surface area (Å²) in [7, 11) is 0. The second kappa shape index (κ2) is 12.9. The van der Waals surface area contributed by atoms with E-state index in [2.05, 4.69) is 5.32 Å².